The van der Waals surface area contributed by atoms with E-state index in [0.717, 1.165) is 5.56 Å². The number of carbonyl (C=O) groups excluding carboxylic acids is 1. The summed E-state index contributed by atoms with van der Waals surface area (Å²) < 4.78 is 30.7. The molecule has 3 N–H and O–H groups in total. The maximum absolute atomic E-state index is 13.9. The summed E-state index contributed by atoms with van der Waals surface area (Å²) in [5, 5.41) is 15.5. The average molecular weight is 463 g/mol. The number of carbonyl (C=O) groups is 1. The van der Waals surface area contributed by atoms with Gasteiger partial charge in [-0.1, -0.05) is 30.3 Å². The van der Waals surface area contributed by atoms with Gasteiger partial charge in [0.1, 0.15) is 23.3 Å². The van der Waals surface area contributed by atoms with E-state index in [1.807, 2.05) is 30.3 Å². The molecule has 0 saturated carbocycles. The SMILES string of the molecule is C[C@@H](CNC(=O)OC(C)(C)C)Oc1ccc(F)cc1CN[C@@H](CO)COCc1ccccc1. The zero-order valence-corrected chi connectivity index (χ0v) is 19.8. The second kappa shape index (κ2) is 13.1. The monoisotopic (exact) mass is 462 g/mol. The van der Waals surface area contributed by atoms with Crippen LogP contribution in [-0.4, -0.2) is 48.7 Å². The molecule has 0 heterocycles. The van der Waals surface area contributed by atoms with Gasteiger partial charge >= 0.3 is 6.09 Å². The van der Waals surface area contributed by atoms with E-state index in [1.54, 1.807) is 33.8 Å². The number of amides is 1. The highest BCUT2D eigenvalue weighted by Crippen LogP contribution is 2.21. The lowest BCUT2D eigenvalue weighted by molar-refractivity contribution is 0.0505. The van der Waals surface area contributed by atoms with Crippen molar-refractivity contribution in [1.29, 1.82) is 0 Å². The van der Waals surface area contributed by atoms with E-state index in [-0.39, 0.29) is 37.7 Å². The Hall–Kier alpha value is -2.68. The fourth-order valence-corrected chi connectivity index (χ4v) is 2.92. The Morgan fingerprint density at radius 1 is 1.15 bits per heavy atom. The normalized spacial score (nSPS) is 13.3. The van der Waals surface area contributed by atoms with Crippen molar-refractivity contribution in [2.75, 3.05) is 19.8 Å². The van der Waals surface area contributed by atoms with Gasteiger partial charge in [-0.2, -0.15) is 0 Å². The van der Waals surface area contributed by atoms with Crippen molar-refractivity contribution < 1.29 is 28.5 Å². The number of halogens is 1. The number of aliphatic hydroxyl groups is 1. The molecule has 1 amide bonds. The molecule has 0 radical (unpaired) electrons. The first-order valence-corrected chi connectivity index (χ1v) is 11.0. The van der Waals surface area contributed by atoms with Crippen molar-refractivity contribution >= 4 is 6.09 Å². The molecule has 0 aromatic heterocycles. The first kappa shape index (κ1) is 26.6. The van der Waals surface area contributed by atoms with Crippen molar-refractivity contribution in [3.8, 4) is 5.75 Å². The smallest absolute Gasteiger partial charge is 0.407 e. The maximum Gasteiger partial charge on any atom is 0.407 e. The largest absolute Gasteiger partial charge is 0.489 e. The molecule has 8 heteroatoms. The Balaban J connectivity index is 1.86. The van der Waals surface area contributed by atoms with E-state index in [9.17, 15) is 14.3 Å². The molecule has 0 aliphatic heterocycles. The molecule has 182 valence electrons. The Morgan fingerprint density at radius 3 is 2.55 bits per heavy atom. The summed E-state index contributed by atoms with van der Waals surface area (Å²) in [4.78, 5) is 11.8. The fourth-order valence-electron chi connectivity index (χ4n) is 2.92. The third-order valence-corrected chi connectivity index (χ3v) is 4.52. The van der Waals surface area contributed by atoms with Crippen LogP contribution in [0.5, 0.6) is 5.75 Å². The van der Waals surface area contributed by atoms with Gasteiger partial charge in [-0.3, -0.25) is 0 Å². The van der Waals surface area contributed by atoms with E-state index in [2.05, 4.69) is 10.6 Å². The van der Waals surface area contributed by atoms with Gasteiger partial charge in [-0.05, 0) is 51.5 Å². The van der Waals surface area contributed by atoms with Gasteiger partial charge in [0.05, 0.1) is 32.4 Å². The van der Waals surface area contributed by atoms with Gasteiger partial charge in [0.2, 0.25) is 0 Å². The molecule has 2 aromatic carbocycles. The van der Waals surface area contributed by atoms with Crippen LogP contribution in [0.25, 0.3) is 0 Å². The standard InChI is InChI=1S/C25H35FN2O5/c1-18(13-28-24(30)33-25(2,3)4)32-23-11-10-21(26)12-20(23)14-27-22(15-29)17-31-16-19-8-6-5-7-9-19/h5-12,18,22,27,29H,13-17H2,1-4H3,(H,28,30)/t18-,22-/m0/s1. The van der Waals surface area contributed by atoms with Crippen LogP contribution >= 0.6 is 0 Å². The van der Waals surface area contributed by atoms with Gasteiger partial charge in [0, 0.05) is 12.1 Å². The van der Waals surface area contributed by atoms with Crippen molar-refractivity contribution in [3.63, 3.8) is 0 Å². The summed E-state index contributed by atoms with van der Waals surface area (Å²) in [6.07, 6.45) is -0.898. The molecule has 2 aromatic rings. The van der Waals surface area contributed by atoms with Crippen LogP contribution in [0.4, 0.5) is 9.18 Å². The lowest BCUT2D eigenvalue weighted by Crippen LogP contribution is -2.38. The van der Waals surface area contributed by atoms with Crippen LogP contribution < -0.4 is 15.4 Å². The Labute approximate surface area is 195 Å². The molecule has 33 heavy (non-hydrogen) atoms. The number of rotatable bonds is 12. The molecule has 2 rings (SSSR count). The van der Waals surface area contributed by atoms with Gasteiger partial charge in [0.15, 0.2) is 0 Å². The highest BCUT2D eigenvalue weighted by molar-refractivity contribution is 5.67. The first-order chi connectivity index (χ1) is 15.7. The molecular weight excluding hydrogens is 427 g/mol. The topological polar surface area (TPSA) is 89.1 Å². The Morgan fingerprint density at radius 2 is 1.88 bits per heavy atom. The number of nitrogens with one attached hydrogen (secondary N) is 2. The minimum atomic E-state index is -0.585. The van der Waals surface area contributed by atoms with Crippen LogP contribution in [-0.2, 0) is 22.6 Å². The molecule has 0 saturated heterocycles. The molecule has 0 aliphatic rings. The number of alkyl carbamates (subject to hydrolysis) is 1. The highest BCUT2D eigenvalue weighted by atomic mass is 19.1. The molecule has 0 aliphatic carbocycles. The summed E-state index contributed by atoms with van der Waals surface area (Å²) in [5.74, 6) is 0.101. The van der Waals surface area contributed by atoms with Crippen LogP contribution in [0.1, 0.15) is 38.8 Å². The van der Waals surface area contributed by atoms with E-state index in [0.29, 0.717) is 24.5 Å². The molecular formula is C25H35FN2O5. The van der Waals surface area contributed by atoms with Gasteiger partial charge < -0.3 is 30.0 Å². The zero-order valence-electron chi connectivity index (χ0n) is 19.8. The quantitative estimate of drug-likeness (QED) is 0.445. The van der Waals surface area contributed by atoms with E-state index in [1.165, 1.54) is 12.1 Å². The second-order valence-electron chi connectivity index (χ2n) is 8.82. The number of hydrogen-bond donors (Lipinski definition) is 3. The summed E-state index contributed by atoms with van der Waals surface area (Å²) in [7, 11) is 0. The van der Waals surface area contributed by atoms with Crippen molar-refractivity contribution in [3.05, 3.63) is 65.5 Å². The van der Waals surface area contributed by atoms with Crippen molar-refractivity contribution in [2.45, 2.75) is 58.6 Å². The fraction of sp³-hybridized carbons (Fsp3) is 0.480. The van der Waals surface area contributed by atoms with Crippen LogP contribution in [0.15, 0.2) is 48.5 Å². The van der Waals surface area contributed by atoms with E-state index < -0.39 is 11.7 Å². The highest BCUT2D eigenvalue weighted by Gasteiger charge is 2.17. The number of ether oxygens (including phenoxy) is 3. The summed E-state index contributed by atoms with van der Waals surface area (Å²) >= 11 is 0. The summed E-state index contributed by atoms with van der Waals surface area (Å²) in [6, 6.07) is 13.7. The first-order valence-electron chi connectivity index (χ1n) is 11.0. The summed E-state index contributed by atoms with van der Waals surface area (Å²) in [5.41, 5.74) is 1.06. The van der Waals surface area contributed by atoms with Crippen LogP contribution in [0.2, 0.25) is 0 Å². The molecule has 0 bridgehead atoms. The predicted molar refractivity (Wildman–Crippen MR) is 125 cm³/mol. The predicted octanol–water partition coefficient (Wildman–Crippen LogP) is 3.79. The molecule has 0 fully saturated rings. The Bertz CT molecular complexity index is 858. The van der Waals surface area contributed by atoms with Crippen molar-refractivity contribution in [2.24, 2.45) is 0 Å². The number of aliphatic hydroxyl groups excluding tert-OH is 1. The lowest BCUT2D eigenvalue weighted by Gasteiger charge is -2.22. The third-order valence-electron chi connectivity index (χ3n) is 4.52. The Kier molecular flexibility index (Phi) is 10.6. The van der Waals surface area contributed by atoms with E-state index >= 15 is 0 Å². The third kappa shape index (κ3) is 10.7. The molecule has 2 atom stereocenters. The zero-order chi connectivity index (χ0) is 24.3. The minimum Gasteiger partial charge on any atom is -0.489 e. The summed E-state index contributed by atoms with van der Waals surface area (Å²) in [6.45, 7) is 8.28. The molecule has 0 unspecified atom stereocenters. The number of hydrogen-bond acceptors (Lipinski definition) is 6. The maximum atomic E-state index is 13.9. The van der Waals surface area contributed by atoms with Gasteiger partial charge in [-0.15, -0.1) is 0 Å². The molecule has 0 spiro atoms. The van der Waals surface area contributed by atoms with Crippen LogP contribution in [0.3, 0.4) is 0 Å². The van der Waals surface area contributed by atoms with E-state index in [4.69, 9.17) is 14.2 Å². The van der Waals surface area contributed by atoms with Crippen LogP contribution in [0, 0.1) is 5.82 Å². The second-order valence-corrected chi connectivity index (χ2v) is 8.82. The number of benzene rings is 2. The average Bonchev–Trinajstić information content (AvgIpc) is 2.76. The van der Waals surface area contributed by atoms with Gasteiger partial charge in [0.25, 0.3) is 0 Å². The molecule has 7 nitrogen and oxygen atoms in total. The lowest BCUT2D eigenvalue weighted by atomic mass is 10.1. The minimum absolute atomic E-state index is 0.128. The van der Waals surface area contributed by atoms with Gasteiger partial charge in [-0.25, -0.2) is 9.18 Å². The van der Waals surface area contributed by atoms with Crippen molar-refractivity contribution in [1.82, 2.24) is 10.6 Å².